The van der Waals surface area contributed by atoms with Crippen molar-refractivity contribution in [2.45, 2.75) is 39.7 Å². The number of carboxylic acid groups (broad SMARTS) is 1. The first kappa shape index (κ1) is 16.7. The number of rotatable bonds is 6. The molecule has 0 saturated carbocycles. The van der Waals surface area contributed by atoms with Crippen LogP contribution in [0.3, 0.4) is 0 Å². The van der Waals surface area contributed by atoms with Gasteiger partial charge in [0.15, 0.2) is 5.69 Å². The number of likely N-dealkylation sites (tertiary alicyclic amines) is 1. The maximum atomic E-state index is 11.0. The molecule has 122 valence electrons. The zero-order valence-corrected chi connectivity index (χ0v) is 13.7. The van der Waals surface area contributed by atoms with Crippen molar-refractivity contribution in [3.63, 3.8) is 0 Å². The highest BCUT2D eigenvalue weighted by Crippen LogP contribution is 2.21. The van der Waals surface area contributed by atoms with Gasteiger partial charge in [0.2, 0.25) is 0 Å². The van der Waals surface area contributed by atoms with Crippen LogP contribution in [0.2, 0.25) is 0 Å². The largest absolute Gasteiger partial charge is 0.477 e. The number of hydrogen-bond donors (Lipinski definition) is 2. The fourth-order valence-electron chi connectivity index (χ4n) is 3.01. The van der Waals surface area contributed by atoms with Crippen molar-refractivity contribution in [2.24, 2.45) is 11.8 Å². The Labute approximate surface area is 132 Å². The lowest BCUT2D eigenvalue weighted by Crippen LogP contribution is -2.47. The lowest BCUT2D eigenvalue weighted by Gasteiger charge is -2.39. The summed E-state index contributed by atoms with van der Waals surface area (Å²) in [7, 11) is 0. The van der Waals surface area contributed by atoms with Gasteiger partial charge in [-0.15, -0.1) is 0 Å². The predicted molar refractivity (Wildman–Crippen MR) is 88.3 cm³/mol. The third-order valence-corrected chi connectivity index (χ3v) is 4.52. The fraction of sp³-hybridized carbons (Fsp3) is 0.647. The highest BCUT2D eigenvalue weighted by molar-refractivity contribution is 5.85. The van der Waals surface area contributed by atoms with E-state index in [0.717, 1.165) is 25.6 Å². The third kappa shape index (κ3) is 4.44. The van der Waals surface area contributed by atoms with E-state index in [-0.39, 0.29) is 5.69 Å². The molecule has 1 aromatic rings. The number of nitrogens with one attached hydrogen (secondary N) is 1. The quantitative estimate of drug-likeness (QED) is 0.846. The summed E-state index contributed by atoms with van der Waals surface area (Å²) in [6, 6.07) is 5.51. The minimum Gasteiger partial charge on any atom is -0.477 e. The van der Waals surface area contributed by atoms with E-state index < -0.39 is 5.97 Å². The van der Waals surface area contributed by atoms with Gasteiger partial charge in [-0.1, -0.05) is 26.8 Å². The van der Waals surface area contributed by atoms with Gasteiger partial charge in [0.25, 0.3) is 0 Å². The minimum absolute atomic E-state index is 0.0814. The molecule has 2 N–H and O–H groups in total. The van der Waals surface area contributed by atoms with Crippen LogP contribution >= 0.6 is 0 Å². The maximum Gasteiger partial charge on any atom is 0.354 e. The van der Waals surface area contributed by atoms with Crippen LogP contribution in [-0.2, 0) is 0 Å². The van der Waals surface area contributed by atoms with Crippen molar-refractivity contribution in [2.75, 3.05) is 25.0 Å². The Morgan fingerprint density at radius 3 is 2.68 bits per heavy atom. The summed E-state index contributed by atoms with van der Waals surface area (Å²) in [5.74, 6) is 1.01. The molecule has 1 fully saturated rings. The molecule has 5 nitrogen and oxygen atoms in total. The lowest BCUT2D eigenvalue weighted by atomic mass is 9.94. The second kappa shape index (κ2) is 7.58. The Bertz CT molecular complexity index is 496. The molecular weight excluding hydrogens is 278 g/mol. The number of aromatic nitrogens is 1. The Kier molecular flexibility index (Phi) is 5.77. The average Bonchev–Trinajstić information content (AvgIpc) is 2.49. The number of nitrogens with zero attached hydrogens (tertiary/aromatic N) is 2. The summed E-state index contributed by atoms with van der Waals surface area (Å²) in [5.41, 5.74) is 0.0814. The number of aromatic carboxylic acids is 1. The van der Waals surface area contributed by atoms with E-state index in [2.05, 4.69) is 36.0 Å². The molecule has 22 heavy (non-hydrogen) atoms. The van der Waals surface area contributed by atoms with Crippen LogP contribution in [0, 0.1) is 11.8 Å². The highest BCUT2D eigenvalue weighted by atomic mass is 16.4. The fourth-order valence-corrected chi connectivity index (χ4v) is 3.01. The maximum absolute atomic E-state index is 11.0. The van der Waals surface area contributed by atoms with Gasteiger partial charge in [0.05, 0.1) is 0 Å². The van der Waals surface area contributed by atoms with Crippen LogP contribution in [0.4, 0.5) is 5.82 Å². The van der Waals surface area contributed by atoms with Gasteiger partial charge >= 0.3 is 5.97 Å². The normalized spacial score (nSPS) is 18.4. The molecule has 0 radical (unpaired) electrons. The van der Waals surface area contributed by atoms with Crippen molar-refractivity contribution in [3.05, 3.63) is 23.9 Å². The first-order valence-electron chi connectivity index (χ1n) is 8.15. The van der Waals surface area contributed by atoms with E-state index in [0.29, 0.717) is 17.8 Å². The number of piperidine rings is 1. The molecule has 0 aromatic carbocycles. The summed E-state index contributed by atoms with van der Waals surface area (Å²) in [6.07, 6.45) is 2.52. The molecule has 2 heterocycles. The summed E-state index contributed by atoms with van der Waals surface area (Å²) in [5, 5.41) is 12.3. The van der Waals surface area contributed by atoms with Gasteiger partial charge in [0, 0.05) is 12.6 Å². The topological polar surface area (TPSA) is 65.5 Å². The number of hydrogen-bond acceptors (Lipinski definition) is 4. The summed E-state index contributed by atoms with van der Waals surface area (Å²) < 4.78 is 0. The number of carboxylic acids is 1. The average molecular weight is 305 g/mol. The van der Waals surface area contributed by atoms with E-state index in [4.69, 9.17) is 5.11 Å². The zero-order chi connectivity index (χ0) is 16.1. The molecule has 0 amide bonds. The second-order valence-electron chi connectivity index (χ2n) is 6.62. The van der Waals surface area contributed by atoms with Crippen molar-refractivity contribution in [3.8, 4) is 0 Å². The summed E-state index contributed by atoms with van der Waals surface area (Å²) in [6.45, 7) is 9.89. The number of pyridine rings is 1. The molecule has 1 aliphatic rings. The highest BCUT2D eigenvalue weighted by Gasteiger charge is 2.25. The van der Waals surface area contributed by atoms with E-state index in [1.807, 2.05) is 6.07 Å². The molecule has 5 heteroatoms. The van der Waals surface area contributed by atoms with Gasteiger partial charge in [-0.05, 0) is 49.9 Å². The Morgan fingerprint density at radius 2 is 2.09 bits per heavy atom. The van der Waals surface area contributed by atoms with Gasteiger partial charge in [-0.2, -0.15) is 0 Å². The molecule has 1 saturated heterocycles. The van der Waals surface area contributed by atoms with E-state index >= 15 is 0 Å². The Balaban J connectivity index is 1.97. The van der Waals surface area contributed by atoms with Crippen LogP contribution in [0.15, 0.2) is 18.2 Å². The molecule has 1 aliphatic heterocycles. The van der Waals surface area contributed by atoms with Gasteiger partial charge in [-0.25, -0.2) is 9.78 Å². The minimum atomic E-state index is -0.992. The first-order chi connectivity index (χ1) is 10.5. The molecule has 1 aromatic heterocycles. The number of anilines is 1. The van der Waals surface area contributed by atoms with Crippen molar-refractivity contribution in [1.82, 2.24) is 9.88 Å². The molecule has 0 aliphatic carbocycles. The van der Waals surface area contributed by atoms with Gasteiger partial charge in [0.1, 0.15) is 5.82 Å². The predicted octanol–water partition coefficient (Wildman–Crippen LogP) is 2.95. The van der Waals surface area contributed by atoms with Crippen molar-refractivity contribution < 1.29 is 9.90 Å². The van der Waals surface area contributed by atoms with Gasteiger partial charge in [-0.3, -0.25) is 4.90 Å². The van der Waals surface area contributed by atoms with Crippen LogP contribution in [0.5, 0.6) is 0 Å². The van der Waals surface area contributed by atoms with E-state index in [9.17, 15) is 4.79 Å². The Morgan fingerprint density at radius 1 is 1.41 bits per heavy atom. The Hall–Kier alpha value is -1.62. The molecule has 2 rings (SSSR count). The third-order valence-electron chi connectivity index (χ3n) is 4.52. The molecule has 0 bridgehead atoms. The van der Waals surface area contributed by atoms with E-state index in [1.165, 1.54) is 18.9 Å². The summed E-state index contributed by atoms with van der Waals surface area (Å²) >= 11 is 0. The number of carbonyl (C=O) groups is 1. The lowest BCUT2D eigenvalue weighted by molar-refractivity contribution is 0.0690. The molecule has 0 spiro atoms. The van der Waals surface area contributed by atoms with Crippen molar-refractivity contribution >= 4 is 11.8 Å². The SMILES string of the molecule is CC1CCN(C(CNc2cccc(C(=O)O)n2)C(C)C)CC1. The molecular formula is C17H27N3O2. The van der Waals surface area contributed by atoms with Crippen molar-refractivity contribution in [1.29, 1.82) is 0 Å². The monoisotopic (exact) mass is 305 g/mol. The van der Waals surface area contributed by atoms with Gasteiger partial charge < -0.3 is 10.4 Å². The smallest absolute Gasteiger partial charge is 0.354 e. The van der Waals surface area contributed by atoms with Crippen LogP contribution in [0.1, 0.15) is 44.1 Å². The van der Waals surface area contributed by atoms with Crippen LogP contribution in [0.25, 0.3) is 0 Å². The standard InChI is InChI=1S/C17H27N3O2/c1-12(2)15(20-9-7-13(3)8-10-20)11-18-16-6-4-5-14(19-16)17(21)22/h4-6,12-13,15H,7-11H2,1-3H3,(H,18,19)(H,21,22). The van der Waals surface area contributed by atoms with Crippen LogP contribution in [-0.4, -0.2) is 46.6 Å². The first-order valence-corrected chi connectivity index (χ1v) is 8.15. The zero-order valence-electron chi connectivity index (χ0n) is 13.7. The van der Waals surface area contributed by atoms with Crippen LogP contribution < -0.4 is 5.32 Å². The van der Waals surface area contributed by atoms with E-state index in [1.54, 1.807) is 6.07 Å². The molecule has 1 atom stereocenters. The summed E-state index contributed by atoms with van der Waals surface area (Å²) in [4.78, 5) is 17.7. The second-order valence-corrected chi connectivity index (χ2v) is 6.62. The molecule has 1 unspecified atom stereocenters.